The standard InChI is InChI=1S/C10H10N6.ClH/c1-7(12)10-14-6-15-16(10)9-3-2-8(4-11)5-13-9;/h2-3,5-7H,12H2,1H3;1H. The van der Waals surface area contributed by atoms with Crippen molar-refractivity contribution in [1.29, 1.82) is 5.26 Å². The minimum atomic E-state index is 0. The van der Waals surface area contributed by atoms with Crippen LogP contribution in [0.1, 0.15) is 24.4 Å². The fourth-order valence-corrected chi connectivity index (χ4v) is 1.34. The Balaban J connectivity index is 0.00000144. The SMILES string of the molecule is CC([NH3+])c1ncnn1-c1ccc(C#N)cn1.[Cl-]. The number of hydrogen-bond donors (Lipinski definition) is 1. The van der Waals surface area contributed by atoms with Crippen LogP contribution < -0.4 is 18.1 Å². The van der Waals surface area contributed by atoms with Gasteiger partial charge in [0.2, 0.25) is 0 Å². The van der Waals surface area contributed by atoms with Gasteiger partial charge < -0.3 is 18.1 Å². The second-order valence-corrected chi connectivity index (χ2v) is 3.45. The Bertz CT molecular complexity index is 524. The predicted octanol–water partition coefficient (Wildman–Crippen LogP) is -3.16. The molecule has 0 aliphatic heterocycles. The molecule has 0 saturated heterocycles. The highest BCUT2D eigenvalue weighted by molar-refractivity contribution is 5.31. The number of nitrogens with zero attached hydrogens (tertiary/aromatic N) is 5. The van der Waals surface area contributed by atoms with Gasteiger partial charge in [0.05, 0.1) is 5.56 Å². The molecule has 2 aromatic heterocycles. The molecule has 1 unspecified atom stereocenters. The number of nitriles is 1. The topological polar surface area (TPSA) is 95.0 Å². The first kappa shape index (κ1) is 13.1. The summed E-state index contributed by atoms with van der Waals surface area (Å²) in [5, 5.41) is 12.8. The highest BCUT2D eigenvalue weighted by Crippen LogP contribution is 2.09. The molecule has 0 aromatic carbocycles. The first-order chi connectivity index (χ1) is 7.72. The Kier molecular flexibility index (Phi) is 4.15. The van der Waals surface area contributed by atoms with E-state index < -0.39 is 0 Å². The molecule has 7 heteroatoms. The fraction of sp³-hybridized carbons (Fsp3) is 0.200. The van der Waals surface area contributed by atoms with Gasteiger partial charge in [-0.05, 0) is 19.1 Å². The molecule has 2 aromatic rings. The minimum Gasteiger partial charge on any atom is -1.00 e. The average Bonchev–Trinajstić information content (AvgIpc) is 2.78. The van der Waals surface area contributed by atoms with Gasteiger partial charge in [-0.3, -0.25) is 0 Å². The lowest BCUT2D eigenvalue weighted by atomic mass is 10.3. The molecule has 0 fully saturated rings. The number of halogens is 1. The van der Waals surface area contributed by atoms with Gasteiger partial charge in [-0.15, -0.1) is 0 Å². The smallest absolute Gasteiger partial charge is 0.191 e. The minimum absolute atomic E-state index is 0. The highest BCUT2D eigenvalue weighted by Gasteiger charge is 2.13. The molecule has 1 atom stereocenters. The molecular formula is C10H11ClN6. The van der Waals surface area contributed by atoms with Gasteiger partial charge in [0.15, 0.2) is 11.6 Å². The zero-order valence-electron chi connectivity index (χ0n) is 9.21. The molecule has 17 heavy (non-hydrogen) atoms. The summed E-state index contributed by atoms with van der Waals surface area (Å²) in [5.41, 5.74) is 4.42. The summed E-state index contributed by atoms with van der Waals surface area (Å²) in [6.07, 6.45) is 2.98. The van der Waals surface area contributed by atoms with Gasteiger partial charge in [0.1, 0.15) is 18.4 Å². The van der Waals surface area contributed by atoms with Crippen molar-refractivity contribution in [2.45, 2.75) is 13.0 Å². The Morgan fingerprint density at radius 3 is 2.71 bits per heavy atom. The van der Waals surface area contributed by atoms with Gasteiger partial charge in [-0.2, -0.15) is 15.0 Å². The molecule has 0 radical (unpaired) electrons. The van der Waals surface area contributed by atoms with Crippen LogP contribution >= 0.6 is 0 Å². The van der Waals surface area contributed by atoms with E-state index in [0.29, 0.717) is 11.4 Å². The molecule has 6 nitrogen and oxygen atoms in total. The molecule has 0 amide bonds. The van der Waals surface area contributed by atoms with E-state index >= 15 is 0 Å². The second kappa shape index (κ2) is 5.39. The van der Waals surface area contributed by atoms with Crippen molar-refractivity contribution in [1.82, 2.24) is 19.7 Å². The first-order valence-electron chi connectivity index (χ1n) is 4.82. The van der Waals surface area contributed by atoms with Crippen molar-refractivity contribution in [2.75, 3.05) is 0 Å². The van der Waals surface area contributed by atoms with Crippen LogP contribution in [0.4, 0.5) is 0 Å². The molecule has 88 valence electrons. The predicted molar refractivity (Wildman–Crippen MR) is 55.2 cm³/mol. The van der Waals surface area contributed by atoms with E-state index in [1.54, 1.807) is 16.8 Å². The lowest BCUT2D eigenvalue weighted by Gasteiger charge is -2.05. The molecule has 2 heterocycles. The third-order valence-corrected chi connectivity index (χ3v) is 2.11. The third kappa shape index (κ3) is 2.58. The van der Waals surface area contributed by atoms with Crippen LogP contribution in [-0.2, 0) is 0 Å². The van der Waals surface area contributed by atoms with Crippen molar-refractivity contribution < 1.29 is 18.1 Å². The zero-order valence-corrected chi connectivity index (χ0v) is 9.96. The Hall–Kier alpha value is -1.97. The summed E-state index contributed by atoms with van der Waals surface area (Å²) in [4.78, 5) is 8.26. The maximum absolute atomic E-state index is 8.67. The molecule has 0 saturated carbocycles. The van der Waals surface area contributed by atoms with E-state index in [1.165, 1.54) is 12.5 Å². The largest absolute Gasteiger partial charge is 1.00 e. The van der Waals surface area contributed by atoms with Gasteiger partial charge >= 0.3 is 0 Å². The van der Waals surface area contributed by atoms with Gasteiger partial charge in [0.25, 0.3) is 0 Å². The second-order valence-electron chi connectivity index (χ2n) is 3.45. The molecule has 0 aliphatic rings. The Morgan fingerprint density at radius 1 is 1.41 bits per heavy atom. The number of pyridine rings is 1. The Labute approximate surface area is 105 Å². The molecule has 0 spiro atoms. The van der Waals surface area contributed by atoms with Crippen molar-refractivity contribution in [2.24, 2.45) is 0 Å². The summed E-state index contributed by atoms with van der Waals surface area (Å²) in [6.45, 7) is 1.93. The van der Waals surface area contributed by atoms with E-state index in [0.717, 1.165) is 5.82 Å². The van der Waals surface area contributed by atoms with Crippen molar-refractivity contribution >= 4 is 0 Å². The summed E-state index contributed by atoms with van der Waals surface area (Å²) in [5.74, 6) is 1.39. The number of rotatable bonds is 2. The van der Waals surface area contributed by atoms with Crippen LogP contribution in [0.3, 0.4) is 0 Å². The van der Waals surface area contributed by atoms with E-state index in [-0.39, 0.29) is 18.4 Å². The lowest BCUT2D eigenvalue weighted by molar-refractivity contribution is -0.422. The van der Waals surface area contributed by atoms with Crippen LogP contribution in [-0.4, -0.2) is 19.7 Å². The quantitative estimate of drug-likeness (QED) is 0.609. The van der Waals surface area contributed by atoms with Crippen LogP contribution in [0.2, 0.25) is 0 Å². The van der Waals surface area contributed by atoms with Gasteiger partial charge in [-0.1, -0.05) is 0 Å². The third-order valence-electron chi connectivity index (χ3n) is 2.11. The zero-order chi connectivity index (χ0) is 11.5. The lowest BCUT2D eigenvalue weighted by Crippen LogP contribution is -3.00. The summed E-state index contributed by atoms with van der Waals surface area (Å²) >= 11 is 0. The van der Waals surface area contributed by atoms with Crippen LogP contribution in [0.25, 0.3) is 5.82 Å². The maximum Gasteiger partial charge on any atom is 0.191 e. The van der Waals surface area contributed by atoms with Gasteiger partial charge in [0, 0.05) is 6.20 Å². The normalized spacial score (nSPS) is 11.4. The van der Waals surface area contributed by atoms with Crippen molar-refractivity contribution in [3.8, 4) is 11.9 Å². The Morgan fingerprint density at radius 2 is 2.18 bits per heavy atom. The molecule has 0 bridgehead atoms. The van der Waals surface area contributed by atoms with E-state index in [2.05, 4.69) is 20.8 Å². The first-order valence-corrected chi connectivity index (χ1v) is 4.82. The van der Waals surface area contributed by atoms with Crippen molar-refractivity contribution in [3.05, 3.63) is 36.0 Å². The average molecular weight is 251 g/mol. The van der Waals surface area contributed by atoms with E-state index in [1.807, 2.05) is 13.0 Å². The fourth-order valence-electron chi connectivity index (χ4n) is 1.34. The van der Waals surface area contributed by atoms with Gasteiger partial charge in [-0.25, -0.2) is 9.97 Å². The molecule has 3 N–H and O–H groups in total. The van der Waals surface area contributed by atoms with E-state index in [4.69, 9.17) is 5.26 Å². The molecular weight excluding hydrogens is 240 g/mol. The number of quaternary nitrogens is 1. The molecule has 2 rings (SSSR count). The van der Waals surface area contributed by atoms with E-state index in [9.17, 15) is 0 Å². The van der Waals surface area contributed by atoms with Crippen molar-refractivity contribution in [3.63, 3.8) is 0 Å². The summed E-state index contributed by atoms with van der Waals surface area (Å²) in [6, 6.07) is 5.48. The number of aromatic nitrogens is 4. The number of hydrogen-bond acceptors (Lipinski definition) is 4. The molecule has 0 aliphatic carbocycles. The maximum atomic E-state index is 8.67. The van der Waals surface area contributed by atoms with Crippen LogP contribution in [0.15, 0.2) is 24.7 Å². The highest BCUT2D eigenvalue weighted by atomic mass is 35.5. The van der Waals surface area contributed by atoms with Crippen LogP contribution in [0, 0.1) is 11.3 Å². The monoisotopic (exact) mass is 250 g/mol. The summed E-state index contributed by atoms with van der Waals surface area (Å²) in [7, 11) is 0. The summed E-state index contributed by atoms with van der Waals surface area (Å²) < 4.78 is 1.62. The van der Waals surface area contributed by atoms with Crippen LogP contribution in [0.5, 0.6) is 0 Å².